The SMILES string of the molecule is CN(C(=O)C1(CN)CCOCC1)C1CCCN(c2ccccc2)C1=O. The van der Waals surface area contributed by atoms with E-state index in [2.05, 4.69) is 0 Å². The van der Waals surface area contributed by atoms with Crippen LogP contribution in [-0.4, -0.2) is 56.1 Å². The molecule has 1 aromatic rings. The Kier molecular flexibility index (Phi) is 5.39. The number of amides is 2. The van der Waals surface area contributed by atoms with Crippen LogP contribution in [0.25, 0.3) is 0 Å². The molecule has 1 atom stereocenters. The maximum atomic E-state index is 13.2. The van der Waals surface area contributed by atoms with Crippen molar-refractivity contribution in [2.45, 2.75) is 31.7 Å². The maximum Gasteiger partial charge on any atom is 0.249 e. The molecule has 2 aliphatic heterocycles. The van der Waals surface area contributed by atoms with Crippen molar-refractivity contribution in [1.29, 1.82) is 0 Å². The fourth-order valence-electron chi connectivity index (χ4n) is 3.86. The lowest BCUT2D eigenvalue weighted by molar-refractivity contribution is -0.151. The molecular weight excluding hydrogens is 318 g/mol. The van der Waals surface area contributed by atoms with Gasteiger partial charge in [-0.05, 0) is 37.8 Å². The van der Waals surface area contributed by atoms with E-state index in [0.717, 1.165) is 12.1 Å². The molecule has 2 amide bonds. The highest BCUT2D eigenvalue weighted by Crippen LogP contribution is 2.33. The Morgan fingerprint density at radius 2 is 2.00 bits per heavy atom. The number of ether oxygens (including phenoxy) is 1. The number of anilines is 1. The van der Waals surface area contributed by atoms with E-state index in [-0.39, 0.29) is 11.8 Å². The highest BCUT2D eigenvalue weighted by molar-refractivity contribution is 6.00. The van der Waals surface area contributed by atoms with E-state index in [0.29, 0.717) is 45.6 Å². The molecule has 136 valence electrons. The number of hydrogen-bond donors (Lipinski definition) is 1. The summed E-state index contributed by atoms with van der Waals surface area (Å²) in [4.78, 5) is 29.6. The van der Waals surface area contributed by atoms with Crippen LogP contribution >= 0.6 is 0 Å². The van der Waals surface area contributed by atoms with Gasteiger partial charge in [0, 0.05) is 39.0 Å². The smallest absolute Gasteiger partial charge is 0.249 e. The zero-order valence-electron chi connectivity index (χ0n) is 14.8. The monoisotopic (exact) mass is 345 g/mol. The second kappa shape index (κ2) is 7.54. The van der Waals surface area contributed by atoms with Crippen LogP contribution < -0.4 is 10.6 Å². The molecular formula is C19H27N3O3. The molecule has 2 fully saturated rings. The van der Waals surface area contributed by atoms with Crippen LogP contribution in [0, 0.1) is 5.41 Å². The Labute approximate surface area is 148 Å². The summed E-state index contributed by atoms with van der Waals surface area (Å²) in [7, 11) is 1.74. The first-order chi connectivity index (χ1) is 12.1. The quantitative estimate of drug-likeness (QED) is 0.895. The Morgan fingerprint density at radius 3 is 2.64 bits per heavy atom. The molecule has 25 heavy (non-hydrogen) atoms. The molecule has 6 heteroatoms. The highest BCUT2D eigenvalue weighted by Gasteiger charge is 2.44. The van der Waals surface area contributed by atoms with Crippen molar-refractivity contribution in [2.75, 3.05) is 38.3 Å². The molecule has 0 aliphatic carbocycles. The lowest BCUT2D eigenvalue weighted by Crippen LogP contribution is -2.58. The van der Waals surface area contributed by atoms with E-state index >= 15 is 0 Å². The van der Waals surface area contributed by atoms with Gasteiger partial charge < -0.3 is 20.3 Å². The van der Waals surface area contributed by atoms with E-state index in [1.54, 1.807) is 16.8 Å². The molecule has 0 spiro atoms. The van der Waals surface area contributed by atoms with Gasteiger partial charge in [-0.1, -0.05) is 18.2 Å². The summed E-state index contributed by atoms with van der Waals surface area (Å²) in [5, 5.41) is 0. The lowest BCUT2D eigenvalue weighted by atomic mass is 9.78. The summed E-state index contributed by atoms with van der Waals surface area (Å²) in [6.45, 7) is 2.08. The second-order valence-corrected chi connectivity index (χ2v) is 7.00. The average molecular weight is 345 g/mol. The molecule has 1 aromatic carbocycles. The van der Waals surface area contributed by atoms with Gasteiger partial charge in [-0.3, -0.25) is 9.59 Å². The minimum atomic E-state index is -0.595. The number of rotatable bonds is 4. The number of carbonyl (C=O) groups is 2. The summed E-state index contributed by atoms with van der Waals surface area (Å²) in [5.41, 5.74) is 6.25. The minimum absolute atomic E-state index is 0.00692. The number of piperidine rings is 1. The van der Waals surface area contributed by atoms with Crippen LogP contribution in [0.5, 0.6) is 0 Å². The average Bonchev–Trinajstić information content (AvgIpc) is 2.68. The van der Waals surface area contributed by atoms with Gasteiger partial charge in [-0.25, -0.2) is 0 Å². The molecule has 6 nitrogen and oxygen atoms in total. The van der Waals surface area contributed by atoms with Gasteiger partial charge in [0.15, 0.2) is 0 Å². The number of benzene rings is 1. The van der Waals surface area contributed by atoms with Gasteiger partial charge in [0.25, 0.3) is 0 Å². The van der Waals surface area contributed by atoms with Crippen LogP contribution in [-0.2, 0) is 14.3 Å². The van der Waals surface area contributed by atoms with Crippen molar-refractivity contribution in [3.8, 4) is 0 Å². The van der Waals surface area contributed by atoms with E-state index in [1.807, 2.05) is 30.3 Å². The van der Waals surface area contributed by atoms with Crippen molar-refractivity contribution < 1.29 is 14.3 Å². The number of likely N-dealkylation sites (N-methyl/N-ethyl adjacent to an activating group) is 1. The number of para-hydroxylation sites is 1. The van der Waals surface area contributed by atoms with Gasteiger partial charge in [0.1, 0.15) is 6.04 Å². The largest absolute Gasteiger partial charge is 0.381 e. The van der Waals surface area contributed by atoms with Gasteiger partial charge in [0.05, 0.1) is 5.41 Å². The first-order valence-corrected chi connectivity index (χ1v) is 9.00. The van der Waals surface area contributed by atoms with Crippen molar-refractivity contribution in [3.05, 3.63) is 30.3 Å². The van der Waals surface area contributed by atoms with Crippen molar-refractivity contribution in [3.63, 3.8) is 0 Å². The van der Waals surface area contributed by atoms with Gasteiger partial charge in [-0.15, -0.1) is 0 Å². The van der Waals surface area contributed by atoms with E-state index < -0.39 is 11.5 Å². The van der Waals surface area contributed by atoms with E-state index in [4.69, 9.17) is 10.5 Å². The summed E-state index contributed by atoms with van der Waals surface area (Å²) in [6.07, 6.45) is 2.81. The Morgan fingerprint density at radius 1 is 1.32 bits per heavy atom. The van der Waals surface area contributed by atoms with Crippen LogP contribution in [0.15, 0.2) is 30.3 Å². The van der Waals surface area contributed by atoms with Gasteiger partial charge in [-0.2, -0.15) is 0 Å². The third-order valence-electron chi connectivity index (χ3n) is 5.56. The van der Waals surface area contributed by atoms with Gasteiger partial charge >= 0.3 is 0 Å². The fraction of sp³-hybridized carbons (Fsp3) is 0.579. The Balaban J connectivity index is 1.77. The van der Waals surface area contributed by atoms with Crippen LogP contribution in [0.2, 0.25) is 0 Å². The molecule has 2 saturated heterocycles. The first kappa shape index (κ1) is 17.9. The molecule has 1 unspecified atom stereocenters. The fourth-order valence-corrected chi connectivity index (χ4v) is 3.86. The first-order valence-electron chi connectivity index (χ1n) is 9.00. The zero-order valence-corrected chi connectivity index (χ0v) is 14.8. The van der Waals surface area contributed by atoms with E-state index in [9.17, 15) is 9.59 Å². The molecule has 2 heterocycles. The third-order valence-corrected chi connectivity index (χ3v) is 5.56. The lowest BCUT2D eigenvalue weighted by Gasteiger charge is -2.42. The van der Waals surface area contributed by atoms with Crippen LogP contribution in [0.4, 0.5) is 5.69 Å². The predicted molar refractivity (Wildman–Crippen MR) is 96.1 cm³/mol. The Bertz CT molecular complexity index is 614. The topological polar surface area (TPSA) is 75.9 Å². The summed E-state index contributed by atoms with van der Waals surface area (Å²) >= 11 is 0. The van der Waals surface area contributed by atoms with Crippen LogP contribution in [0.1, 0.15) is 25.7 Å². The molecule has 2 N–H and O–H groups in total. The molecule has 0 saturated carbocycles. The minimum Gasteiger partial charge on any atom is -0.381 e. The number of hydrogen-bond acceptors (Lipinski definition) is 4. The normalized spacial score (nSPS) is 23.4. The predicted octanol–water partition coefficient (Wildman–Crippen LogP) is 1.40. The van der Waals surface area contributed by atoms with Crippen molar-refractivity contribution in [1.82, 2.24) is 4.90 Å². The molecule has 3 rings (SSSR count). The summed E-state index contributed by atoms with van der Waals surface area (Å²) in [5.74, 6) is -0.0286. The van der Waals surface area contributed by atoms with Gasteiger partial charge in [0.2, 0.25) is 11.8 Å². The second-order valence-electron chi connectivity index (χ2n) is 7.00. The van der Waals surface area contributed by atoms with Crippen molar-refractivity contribution in [2.24, 2.45) is 11.1 Å². The summed E-state index contributed by atoms with van der Waals surface area (Å²) < 4.78 is 5.40. The maximum absolute atomic E-state index is 13.2. The Hall–Kier alpha value is -1.92. The van der Waals surface area contributed by atoms with Crippen LogP contribution in [0.3, 0.4) is 0 Å². The molecule has 0 radical (unpaired) electrons. The van der Waals surface area contributed by atoms with Crippen molar-refractivity contribution >= 4 is 17.5 Å². The standard InChI is InChI=1S/C19H27N3O3/c1-21(18(24)19(14-20)9-12-25-13-10-19)16-8-5-11-22(17(16)23)15-6-3-2-4-7-15/h2-4,6-7,16H,5,8-14,20H2,1H3. The summed E-state index contributed by atoms with van der Waals surface area (Å²) in [6, 6.07) is 9.22. The number of nitrogens with zero attached hydrogens (tertiary/aromatic N) is 2. The zero-order chi connectivity index (χ0) is 17.9. The van der Waals surface area contributed by atoms with E-state index in [1.165, 1.54) is 0 Å². The third kappa shape index (κ3) is 3.41. The number of nitrogens with two attached hydrogens (primary N) is 1. The highest BCUT2D eigenvalue weighted by atomic mass is 16.5. The number of carbonyl (C=O) groups excluding carboxylic acids is 2. The molecule has 0 bridgehead atoms. The molecule has 0 aromatic heterocycles. The molecule has 2 aliphatic rings.